The van der Waals surface area contributed by atoms with E-state index in [1.165, 1.54) is 0 Å². The van der Waals surface area contributed by atoms with Crippen molar-refractivity contribution in [3.05, 3.63) is 12.7 Å². The number of ether oxygens (including phenoxy) is 4. The molecule has 0 aliphatic heterocycles. The number of carbonyl (C=O) groups excluding carboxylic acids is 1. The highest BCUT2D eigenvalue weighted by Gasteiger charge is 2.34. The lowest BCUT2D eigenvalue weighted by molar-refractivity contribution is -0.469. The van der Waals surface area contributed by atoms with Crippen LogP contribution in [0.5, 0.6) is 0 Å². The first kappa shape index (κ1) is 18.3. The van der Waals surface area contributed by atoms with Gasteiger partial charge in [0.05, 0.1) is 26.4 Å². The van der Waals surface area contributed by atoms with E-state index in [0.717, 1.165) is 6.08 Å². The fourth-order valence-corrected chi connectivity index (χ4v) is 1.78. The molecule has 0 saturated carbocycles. The van der Waals surface area contributed by atoms with Gasteiger partial charge in [-0.05, 0) is 20.8 Å². The molecule has 2 radical (unpaired) electrons. The lowest BCUT2D eigenvalue weighted by Gasteiger charge is -2.31. The molecule has 0 atom stereocenters. The van der Waals surface area contributed by atoms with Crippen LogP contribution >= 0.6 is 0 Å². The van der Waals surface area contributed by atoms with Crippen LogP contribution in [0.1, 0.15) is 20.8 Å². The minimum absolute atomic E-state index is 0.0276. The molecule has 19 heavy (non-hydrogen) atoms. The predicted octanol–water partition coefficient (Wildman–Crippen LogP) is 1.49. The van der Waals surface area contributed by atoms with Gasteiger partial charge in [-0.1, -0.05) is 6.58 Å². The summed E-state index contributed by atoms with van der Waals surface area (Å²) in [5, 5.41) is 0. The second kappa shape index (κ2) is 11.1. The second-order valence-electron chi connectivity index (χ2n) is 3.17. The van der Waals surface area contributed by atoms with Crippen LogP contribution in [0.2, 0.25) is 6.04 Å². The summed E-state index contributed by atoms with van der Waals surface area (Å²) in [5.74, 6) is -0.449. The molecule has 0 N–H and O–H groups in total. The Morgan fingerprint density at radius 2 is 1.68 bits per heavy atom. The molecular weight excluding hydrogens is 268 g/mol. The van der Waals surface area contributed by atoms with Crippen molar-refractivity contribution in [2.24, 2.45) is 0 Å². The molecule has 0 aromatic rings. The normalized spacial score (nSPS) is 11.3. The highest BCUT2D eigenvalue weighted by atomic mass is 28.2. The Kier molecular flexibility index (Phi) is 10.7. The molecule has 0 heterocycles. The van der Waals surface area contributed by atoms with Crippen LogP contribution in [0.15, 0.2) is 12.7 Å². The molecule has 0 saturated heterocycles. The van der Waals surface area contributed by atoms with Gasteiger partial charge in [0.1, 0.15) is 0 Å². The summed E-state index contributed by atoms with van der Waals surface area (Å²) >= 11 is 0. The smallest absolute Gasteiger partial charge is 0.402 e. The summed E-state index contributed by atoms with van der Waals surface area (Å²) in [6.45, 7) is 10.2. The Morgan fingerprint density at radius 1 is 1.16 bits per heavy atom. The van der Waals surface area contributed by atoms with Gasteiger partial charge >= 0.3 is 12.1 Å². The van der Waals surface area contributed by atoms with Crippen LogP contribution in [-0.2, 0) is 28.2 Å². The third kappa shape index (κ3) is 8.12. The Labute approximate surface area is 116 Å². The maximum atomic E-state index is 10.8. The topological polar surface area (TPSA) is 63.2 Å². The average molecular weight is 290 g/mol. The molecule has 7 heteroatoms. The number of carbonyl (C=O) groups is 1. The van der Waals surface area contributed by atoms with Gasteiger partial charge in [0.2, 0.25) is 9.76 Å². The van der Waals surface area contributed by atoms with Crippen molar-refractivity contribution in [2.75, 3.05) is 26.4 Å². The Bertz CT molecular complexity index is 242. The molecule has 6 nitrogen and oxygen atoms in total. The van der Waals surface area contributed by atoms with Crippen LogP contribution in [0.4, 0.5) is 0 Å². The number of hydrogen-bond donors (Lipinski definition) is 0. The Hall–Kier alpha value is -0.733. The zero-order chi connectivity index (χ0) is 14.6. The molecule has 0 aromatic carbocycles. The van der Waals surface area contributed by atoms with Gasteiger partial charge in [-0.3, -0.25) is 0 Å². The molecule has 0 aromatic heterocycles. The molecule has 0 bridgehead atoms. The summed E-state index contributed by atoms with van der Waals surface area (Å²) in [4.78, 5) is 10.8. The summed E-state index contributed by atoms with van der Waals surface area (Å²) < 4.78 is 26.5. The molecule has 0 rings (SSSR count). The first-order valence-electron chi connectivity index (χ1n) is 6.26. The quantitative estimate of drug-likeness (QED) is 0.178. The lowest BCUT2D eigenvalue weighted by atomic mass is 10.6. The zero-order valence-corrected chi connectivity index (χ0v) is 12.8. The minimum Gasteiger partial charge on any atom is -0.463 e. The highest BCUT2D eigenvalue weighted by Crippen LogP contribution is 2.17. The highest BCUT2D eigenvalue weighted by molar-refractivity contribution is 6.27. The van der Waals surface area contributed by atoms with Crippen molar-refractivity contribution < 1.29 is 28.2 Å². The summed E-state index contributed by atoms with van der Waals surface area (Å²) in [6, 6.07) is 0.536. The van der Waals surface area contributed by atoms with Crippen molar-refractivity contribution in [3.8, 4) is 0 Å². The summed E-state index contributed by atoms with van der Waals surface area (Å²) in [7, 11) is 0.0276. The van der Waals surface area contributed by atoms with E-state index in [1.54, 1.807) is 0 Å². The van der Waals surface area contributed by atoms with E-state index in [0.29, 0.717) is 25.9 Å². The minimum atomic E-state index is -1.46. The zero-order valence-electron chi connectivity index (χ0n) is 11.8. The van der Waals surface area contributed by atoms with Crippen molar-refractivity contribution in [3.63, 3.8) is 0 Å². The number of hydrogen-bond acceptors (Lipinski definition) is 6. The first-order chi connectivity index (χ1) is 9.14. The van der Waals surface area contributed by atoms with Gasteiger partial charge in [0.15, 0.2) is 0 Å². The van der Waals surface area contributed by atoms with E-state index in [2.05, 4.69) is 6.58 Å². The number of esters is 1. The van der Waals surface area contributed by atoms with E-state index in [1.807, 2.05) is 20.8 Å². The largest absolute Gasteiger partial charge is 0.463 e. The fraction of sp³-hybridized carbons (Fsp3) is 0.750. The van der Waals surface area contributed by atoms with E-state index in [9.17, 15) is 4.79 Å². The van der Waals surface area contributed by atoms with Crippen LogP contribution in [-0.4, -0.2) is 48.3 Å². The molecule has 0 amide bonds. The standard InChI is InChI=1S/C12H22O6Si/c1-5-11(13)14-9-10-19-18-12(15-6-2,16-7-3)17-8-4/h5H,1,6-10H2,2-4H3. The Balaban J connectivity index is 4.09. The van der Waals surface area contributed by atoms with Crippen molar-refractivity contribution in [1.82, 2.24) is 0 Å². The van der Waals surface area contributed by atoms with Crippen LogP contribution < -0.4 is 0 Å². The molecule has 0 unspecified atom stereocenters. The fourth-order valence-electron chi connectivity index (χ4n) is 1.14. The second-order valence-corrected chi connectivity index (χ2v) is 4.16. The van der Waals surface area contributed by atoms with Gasteiger partial charge < -0.3 is 23.4 Å². The van der Waals surface area contributed by atoms with Gasteiger partial charge in [-0.2, -0.15) is 0 Å². The van der Waals surface area contributed by atoms with Crippen LogP contribution in [0.3, 0.4) is 0 Å². The Morgan fingerprint density at radius 3 is 2.11 bits per heavy atom. The maximum Gasteiger partial charge on any atom is 0.402 e. The summed E-state index contributed by atoms with van der Waals surface area (Å²) in [6.07, 6.45) is -0.339. The summed E-state index contributed by atoms with van der Waals surface area (Å²) in [5.41, 5.74) is 0. The van der Waals surface area contributed by atoms with Gasteiger partial charge in [0.25, 0.3) is 0 Å². The maximum absolute atomic E-state index is 10.8. The van der Waals surface area contributed by atoms with E-state index in [-0.39, 0.29) is 16.4 Å². The van der Waals surface area contributed by atoms with E-state index >= 15 is 0 Å². The van der Waals surface area contributed by atoms with Gasteiger partial charge in [-0.25, -0.2) is 4.79 Å². The van der Waals surface area contributed by atoms with Gasteiger partial charge in [-0.15, -0.1) is 0 Å². The predicted molar refractivity (Wildman–Crippen MR) is 70.4 cm³/mol. The van der Waals surface area contributed by atoms with E-state index < -0.39 is 12.1 Å². The molecule has 0 aliphatic rings. The lowest BCUT2D eigenvalue weighted by Crippen LogP contribution is -2.43. The molecule has 0 spiro atoms. The molecule has 0 fully saturated rings. The van der Waals surface area contributed by atoms with Crippen LogP contribution in [0, 0.1) is 0 Å². The molecule has 0 aliphatic carbocycles. The average Bonchev–Trinajstić information content (AvgIpc) is 2.39. The van der Waals surface area contributed by atoms with Gasteiger partial charge in [0, 0.05) is 12.1 Å². The monoisotopic (exact) mass is 290 g/mol. The van der Waals surface area contributed by atoms with Crippen molar-refractivity contribution in [2.45, 2.75) is 33.0 Å². The number of rotatable bonds is 12. The third-order valence-corrected chi connectivity index (χ3v) is 2.58. The SMILES string of the molecule is C=CC(=O)OCC[Si]OC(OCC)(OCC)OCC. The third-order valence-electron chi connectivity index (χ3n) is 1.78. The van der Waals surface area contributed by atoms with Crippen LogP contribution in [0.25, 0.3) is 0 Å². The van der Waals surface area contributed by atoms with Crippen molar-refractivity contribution >= 4 is 15.7 Å². The van der Waals surface area contributed by atoms with Crippen molar-refractivity contribution in [1.29, 1.82) is 0 Å². The van der Waals surface area contributed by atoms with E-state index in [4.69, 9.17) is 23.4 Å². The first-order valence-corrected chi connectivity index (χ1v) is 7.37. The molecule has 110 valence electrons. The molecular formula is C12H22O6Si.